The second kappa shape index (κ2) is 9.34. The van der Waals surface area contributed by atoms with Gasteiger partial charge in [-0.3, -0.25) is 4.79 Å². The van der Waals surface area contributed by atoms with Gasteiger partial charge in [0.25, 0.3) is 0 Å². The maximum atomic E-state index is 11.8. The predicted octanol–water partition coefficient (Wildman–Crippen LogP) is 1.84. The summed E-state index contributed by atoms with van der Waals surface area (Å²) >= 11 is 0. The van der Waals surface area contributed by atoms with Gasteiger partial charge in [-0.2, -0.15) is 0 Å². The van der Waals surface area contributed by atoms with E-state index < -0.39 is 0 Å². The minimum atomic E-state index is -0.240. The first kappa shape index (κ1) is 18.4. The van der Waals surface area contributed by atoms with Crippen LogP contribution in [-0.2, 0) is 11.2 Å². The van der Waals surface area contributed by atoms with Crippen LogP contribution in [0.15, 0.2) is 48.5 Å². The molecule has 0 aliphatic rings. The van der Waals surface area contributed by atoms with Crippen LogP contribution in [0.5, 0.6) is 17.2 Å². The topological polar surface area (TPSA) is 99.0 Å². The quantitative estimate of drug-likeness (QED) is 0.433. The first-order chi connectivity index (χ1) is 12.1. The lowest BCUT2D eigenvalue weighted by atomic mass is 10.1. The second-order valence-electron chi connectivity index (χ2n) is 5.34. The summed E-state index contributed by atoms with van der Waals surface area (Å²) in [5.74, 6) is 0.0285. The largest absolute Gasteiger partial charge is 0.504 e. The molecule has 0 radical (unpaired) electrons. The Morgan fingerprint density at radius 2 is 1.84 bits per heavy atom. The summed E-state index contributed by atoms with van der Waals surface area (Å²) in [7, 11) is 0. The number of carbonyl (C=O) groups excluding carboxylic acids is 1. The van der Waals surface area contributed by atoms with Gasteiger partial charge >= 0.3 is 0 Å². The second-order valence-corrected chi connectivity index (χ2v) is 5.34. The standard InChI is InChI=1S/C19H21NO5/c21-11-12-25-16-5-1-14(2-6-16)9-10-20-19(24)8-4-15-3-7-17(22)18(23)13-15/h1-8,13,21-23H,9-12H2,(H,20,24)/b8-4+. The van der Waals surface area contributed by atoms with Crippen LogP contribution >= 0.6 is 0 Å². The molecule has 2 aromatic carbocycles. The average molecular weight is 343 g/mol. The fourth-order valence-electron chi connectivity index (χ4n) is 2.12. The molecular formula is C19H21NO5. The fraction of sp³-hybridized carbons (Fsp3) is 0.211. The molecule has 0 fully saturated rings. The Morgan fingerprint density at radius 3 is 2.52 bits per heavy atom. The first-order valence-corrected chi connectivity index (χ1v) is 7.89. The number of rotatable bonds is 8. The molecule has 132 valence electrons. The maximum absolute atomic E-state index is 11.8. The molecule has 25 heavy (non-hydrogen) atoms. The Labute approximate surface area is 146 Å². The zero-order valence-corrected chi connectivity index (χ0v) is 13.7. The lowest BCUT2D eigenvalue weighted by Gasteiger charge is -2.06. The molecule has 6 heteroatoms. The zero-order valence-electron chi connectivity index (χ0n) is 13.7. The molecular weight excluding hydrogens is 322 g/mol. The molecule has 0 heterocycles. The molecule has 0 spiro atoms. The molecule has 0 bridgehead atoms. The van der Waals surface area contributed by atoms with Crippen molar-refractivity contribution in [3.05, 3.63) is 59.7 Å². The number of amides is 1. The monoisotopic (exact) mass is 343 g/mol. The number of aliphatic hydroxyl groups is 1. The number of phenols is 2. The van der Waals surface area contributed by atoms with Crippen molar-refractivity contribution < 1.29 is 24.9 Å². The Kier molecular flexibility index (Phi) is 6.86. The fourth-order valence-corrected chi connectivity index (χ4v) is 2.12. The van der Waals surface area contributed by atoms with E-state index in [4.69, 9.17) is 9.84 Å². The zero-order chi connectivity index (χ0) is 18.1. The van der Waals surface area contributed by atoms with Gasteiger partial charge in [-0.15, -0.1) is 0 Å². The third kappa shape index (κ3) is 6.19. The Hall–Kier alpha value is -2.99. The highest BCUT2D eigenvalue weighted by atomic mass is 16.5. The summed E-state index contributed by atoms with van der Waals surface area (Å²) < 4.78 is 5.28. The van der Waals surface area contributed by atoms with Gasteiger partial charge in [0.05, 0.1) is 6.61 Å². The average Bonchev–Trinajstić information content (AvgIpc) is 2.62. The van der Waals surface area contributed by atoms with Crippen LogP contribution < -0.4 is 10.1 Å². The highest BCUT2D eigenvalue weighted by Crippen LogP contribution is 2.25. The Balaban J connectivity index is 1.76. The third-order valence-corrected chi connectivity index (χ3v) is 3.42. The highest BCUT2D eigenvalue weighted by Gasteiger charge is 2.00. The van der Waals surface area contributed by atoms with E-state index in [1.54, 1.807) is 12.1 Å². The normalized spacial score (nSPS) is 10.8. The van der Waals surface area contributed by atoms with Crippen LogP contribution in [0.2, 0.25) is 0 Å². The van der Waals surface area contributed by atoms with Crippen molar-refractivity contribution in [3.8, 4) is 17.2 Å². The number of nitrogens with one attached hydrogen (secondary N) is 1. The molecule has 0 saturated heterocycles. The molecule has 0 atom stereocenters. The first-order valence-electron chi connectivity index (χ1n) is 7.89. The van der Waals surface area contributed by atoms with Crippen molar-refractivity contribution in [1.82, 2.24) is 5.32 Å². The minimum Gasteiger partial charge on any atom is -0.504 e. The molecule has 0 unspecified atom stereocenters. The molecule has 4 N–H and O–H groups in total. The lowest BCUT2D eigenvalue weighted by molar-refractivity contribution is -0.116. The Bertz CT molecular complexity index is 725. The smallest absolute Gasteiger partial charge is 0.244 e. The molecule has 6 nitrogen and oxygen atoms in total. The molecule has 0 aromatic heterocycles. The SMILES string of the molecule is O=C(/C=C/c1ccc(O)c(O)c1)NCCc1ccc(OCCO)cc1. The van der Waals surface area contributed by atoms with E-state index in [1.807, 2.05) is 24.3 Å². The number of carbonyl (C=O) groups is 1. The molecule has 0 aliphatic heterocycles. The van der Waals surface area contributed by atoms with Gasteiger partial charge in [0.1, 0.15) is 12.4 Å². The van der Waals surface area contributed by atoms with Crippen molar-refractivity contribution in [2.45, 2.75) is 6.42 Å². The number of phenolic OH excluding ortho intramolecular Hbond substituents is 2. The van der Waals surface area contributed by atoms with E-state index in [-0.39, 0.29) is 30.6 Å². The van der Waals surface area contributed by atoms with Crippen molar-refractivity contribution >= 4 is 12.0 Å². The summed E-state index contributed by atoms with van der Waals surface area (Å²) in [6, 6.07) is 11.8. The van der Waals surface area contributed by atoms with Crippen LogP contribution in [0.25, 0.3) is 6.08 Å². The van der Waals surface area contributed by atoms with Crippen molar-refractivity contribution in [3.63, 3.8) is 0 Å². The third-order valence-electron chi connectivity index (χ3n) is 3.42. The number of aromatic hydroxyl groups is 2. The summed E-state index contributed by atoms with van der Waals surface area (Å²) in [5, 5.41) is 30.1. The molecule has 2 rings (SSSR count). The predicted molar refractivity (Wildman–Crippen MR) is 94.5 cm³/mol. The molecule has 2 aromatic rings. The number of hydrogen-bond acceptors (Lipinski definition) is 5. The van der Waals surface area contributed by atoms with E-state index in [1.165, 1.54) is 18.2 Å². The number of benzene rings is 2. The van der Waals surface area contributed by atoms with E-state index in [0.717, 1.165) is 5.56 Å². The van der Waals surface area contributed by atoms with Gasteiger partial charge in [-0.1, -0.05) is 18.2 Å². The van der Waals surface area contributed by atoms with E-state index in [9.17, 15) is 15.0 Å². The number of aliphatic hydroxyl groups excluding tert-OH is 1. The lowest BCUT2D eigenvalue weighted by Crippen LogP contribution is -2.23. The summed E-state index contributed by atoms with van der Waals surface area (Å²) in [4.78, 5) is 11.8. The Morgan fingerprint density at radius 1 is 1.08 bits per heavy atom. The molecule has 0 saturated carbocycles. The van der Waals surface area contributed by atoms with Crippen LogP contribution in [-0.4, -0.2) is 41.0 Å². The van der Waals surface area contributed by atoms with Gasteiger partial charge < -0.3 is 25.4 Å². The van der Waals surface area contributed by atoms with E-state index in [0.29, 0.717) is 24.3 Å². The minimum absolute atomic E-state index is 0.0228. The number of hydrogen-bond donors (Lipinski definition) is 4. The van der Waals surface area contributed by atoms with Crippen LogP contribution in [0.4, 0.5) is 0 Å². The van der Waals surface area contributed by atoms with Gasteiger partial charge in [-0.05, 0) is 47.9 Å². The number of ether oxygens (including phenoxy) is 1. The van der Waals surface area contributed by atoms with Gasteiger partial charge in [0.15, 0.2) is 11.5 Å². The van der Waals surface area contributed by atoms with Crippen LogP contribution in [0.3, 0.4) is 0 Å². The van der Waals surface area contributed by atoms with Crippen LogP contribution in [0, 0.1) is 0 Å². The summed E-state index contributed by atoms with van der Waals surface area (Å²) in [6.45, 7) is 0.729. The van der Waals surface area contributed by atoms with Crippen molar-refractivity contribution in [2.75, 3.05) is 19.8 Å². The van der Waals surface area contributed by atoms with E-state index >= 15 is 0 Å². The van der Waals surface area contributed by atoms with E-state index in [2.05, 4.69) is 5.32 Å². The highest BCUT2D eigenvalue weighted by molar-refractivity contribution is 5.91. The summed E-state index contributed by atoms with van der Waals surface area (Å²) in [5.41, 5.74) is 1.67. The van der Waals surface area contributed by atoms with Gasteiger partial charge in [0, 0.05) is 12.6 Å². The summed E-state index contributed by atoms with van der Waals surface area (Å²) in [6.07, 6.45) is 3.61. The maximum Gasteiger partial charge on any atom is 0.244 e. The molecule has 0 aliphatic carbocycles. The molecule has 1 amide bonds. The van der Waals surface area contributed by atoms with Crippen LogP contribution in [0.1, 0.15) is 11.1 Å². The van der Waals surface area contributed by atoms with Gasteiger partial charge in [0.2, 0.25) is 5.91 Å². The van der Waals surface area contributed by atoms with Crippen molar-refractivity contribution in [2.24, 2.45) is 0 Å². The van der Waals surface area contributed by atoms with Crippen molar-refractivity contribution in [1.29, 1.82) is 0 Å². The van der Waals surface area contributed by atoms with Gasteiger partial charge in [-0.25, -0.2) is 0 Å².